The topological polar surface area (TPSA) is 26.3 Å². The Hall–Kier alpha value is -2.09. The van der Waals surface area contributed by atoms with Gasteiger partial charge < -0.3 is 4.74 Å². The van der Waals surface area contributed by atoms with Crippen molar-refractivity contribution in [2.24, 2.45) is 0 Å². The van der Waals surface area contributed by atoms with Crippen molar-refractivity contribution in [3.63, 3.8) is 0 Å². The third-order valence-corrected chi connectivity index (χ3v) is 3.01. The standard InChI is InChI=1S/C17H18O2/c1-12-8-13(2)10-15(9-12)19-11-17(18)16-7-5-4-6-14(16)3/h4-10H,11H2,1-3H3. The number of hydrogen-bond donors (Lipinski definition) is 0. The maximum Gasteiger partial charge on any atom is 0.200 e. The van der Waals surface area contributed by atoms with Crippen molar-refractivity contribution in [1.82, 2.24) is 0 Å². The first-order valence-corrected chi connectivity index (χ1v) is 6.36. The van der Waals surface area contributed by atoms with E-state index in [0.717, 1.165) is 28.0 Å². The van der Waals surface area contributed by atoms with Gasteiger partial charge in [0.1, 0.15) is 5.75 Å². The molecule has 0 aromatic heterocycles. The van der Waals surface area contributed by atoms with Gasteiger partial charge in [-0.3, -0.25) is 4.79 Å². The summed E-state index contributed by atoms with van der Waals surface area (Å²) in [4.78, 5) is 12.1. The second-order valence-corrected chi connectivity index (χ2v) is 4.85. The molecule has 0 spiro atoms. The molecule has 0 amide bonds. The molecule has 0 aliphatic heterocycles. The molecule has 98 valence electrons. The minimum atomic E-state index is 0.0114. The van der Waals surface area contributed by atoms with E-state index >= 15 is 0 Å². The Bertz CT molecular complexity index is 580. The van der Waals surface area contributed by atoms with E-state index in [2.05, 4.69) is 6.07 Å². The molecule has 0 unspecified atom stereocenters. The van der Waals surface area contributed by atoms with E-state index in [1.165, 1.54) is 0 Å². The zero-order chi connectivity index (χ0) is 13.8. The highest BCUT2D eigenvalue weighted by atomic mass is 16.5. The first kappa shape index (κ1) is 13.3. The third kappa shape index (κ3) is 3.44. The predicted molar refractivity (Wildman–Crippen MR) is 76.9 cm³/mol. The van der Waals surface area contributed by atoms with Gasteiger partial charge in [-0.15, -0.1) is 0 Å². The zero-order valence-electron chi connectivity index (χ0n) is 11.6. The van der Waals surface area contributed by atoms with E-state index in [-0.39, 0.29) is 12.4 Å². The molecule has 0 atom stereocenters. The van der Waals surface area contributed by atoms with E-state index in [4.69, 9.17) is 4.74 Å². The fourth-order valence-electron chi connectivity index (χ4n) is 2.13. The summed E-state index contributed by atoms with van der Waals surface area (Å²) < 4.78 is 5.59. The minimum absolute atomic E-state index is 0.0114. The highest BCUT2D eigenvalue weighted by Gasteiger charge is 2.09. The van der Waals surface area contributed by atoms with Crippen LogP contribution in [0, 0.1) is 20.8 Å². The van der Waals surface area contributed by atoms with Crippen LogP contribution in [0.25, 0.3) is 0 Å². The van der Waals surface area contributed by atoms with Crippen LogP contribution in [0.2, 0.25) is 0 Å². The number of rotatable bonds is 4. The zero-order valence-corrected chi connectivity index (χ0v) is 11.6. The first-order chi connectivity index (χ1) is 9.06. The fourth-order valence-corrected chi connectivity index (χ4v) is 2.13. The molecule has 0 heterocycles. The van der Waals surface area contributed by atoms with Crippen LogP contribution in [0.4, 0.5) is 0 Å². The van der Waals surface area contributed by atoms with Gasteiger partial charge in [-0.05, 0) is 49.6 Å². The van der Waals surface area contributed by atoms with Crippen LogP contribution in [-0.2, 0) is 0 Å². The number of hydrogen-bond acceptors (Lipinski definition) is 2. The number of carbonyl (C=O) groups is 1. The number of carbonyl (C=O) groups excluding carboxylic acids is 1. The highest BCUT2D eigenvalue weighted by molar-refractivity contribution is 5.98. The Morgan fingerprint density at radius 1 is 1.00 bits per heavy atom. The molecular formula is C17H18O2. The number of aryl methyl sites for hydroxylation is 3. The summed E-state index contributed by atoms with van der Waals surface area (Å²) in [5.74, 6) is 0.761. The number of Topliss-reactive ketones (excluding diaryl/α,β-unsaturated/α-hetero) is 1. The van der Waals surface area contributed by atoms with Crippen molar-refractivity contribution in [3.8, 4) is 5.75 Å². The maximum absolute atomic E-state index is 12.1. The van der Waals surface area contributed by atoms with E-state index in [1.54, 1.807) is 0 Å². The van der Waals surface area contributed by atoms with Gasteiger partial charge in [0.2, 0.25) is 0 Å². The lowest BCUT2D eigenvalue weighted by molar-refractivity contribution is 0.0921. The lowest BCUT2D eigenvalue weighted by atomic mass is 10.1. The summed E-state index contributed by atoms with van der Waals surface area (Å²) in [5.41, 5.74) is 3.99. The number of ketones is 1. The molecule has 0 saturated carbocycles. The fraction of sp³-hybridized carbons (Fsp3) is 0.235. The van der Waals surface area contributed by atoms with Gasteiger partial charge in [0.25, 0.3) is 0 Å². The minimum Gasteiger partial charge on any atom is -0.485 e. The van der Waals surface area contributed by atoms with E-state index in [1.807, 2.05) is 57.2 Å². The summed E-state index contributed by atoms with van der Waals surface area (Å²) >= 11 is 0. The summed E-state index contributed by atoms with van der Waals surface area (Å²) in [5, 5.41) is 0. The van der Waals surface area contributed by atoms with Gasteiger partial charge in [0.15, 0.2) is 12.4 Å². The van der Waals surface area contributed by atoms with Crippen molar-refractivity contribution in [3.05, 3.63) is 64.7 Å². The van der Waals surface area contributed by atoms with Crippen LogP contribution < -0.4 is 4.74 Å². The third-order valence-electron chi connectivity index (χ3n) is 3.01. The van der Waals surface area contributed by atoms with Crippen molar-refractivity contribution in [1.29, 1.82) is 0 Å². The lowest BCUT2D eigenvalue weighted by Gasteiger charge is -2.09. The van der Waals surface area contributed by atoms with Crippen LogP contribution in [0.1, 0.15) is 27.0 Å². The van der Waals surface area contributed by atoms with Gasteiger partial charge in [-0.1, -0.05) is 30.3 Å². The molecule has 0 bridgehead atoms. The second kappa shape index (κ2) is 5.70. The monoisotopic (exact) mass is 254 g/mol. The molecule has 19 heavy (non-hydrogen) atoms. The summed E-state index contributed by atoms with van der Waals surface area (Å²) in [6, 6.07) is 13.5. The van der Waals surface area contributed by atoms with Crippen molar-refractivity contribution in [2.45, 2.75) is 20.8 Å². The van der Waals surface area contributed by atoms with E-state index in [0.29, 0.717) is 0 Å². The average molecular weight is 254 g/mol. The smallest absolute Gasteiger partial charge is 0.200 e. The van der Waals surface area contributed by atoms with Gasteiger partial charge >= 0.3 is 0 Å². The molecule has 2 aromatic carbocycles. The van der Waals surface area contributed by atoms with Crippen LogP contribution in [-0.4, -0.2) is 12.4 Å². The Kier molecular flexibility index (Phi) is 4.00. The largest absolute Gasteiger partial charge is 0.485 e. The molecule has 0 radical (unpaired) electrons. The molecule has 0 aliphatic carbocycles. The highest BCUT2D eigenvalue weighted by Crippen LogP contribution is 2.17. The van der Waals surface area contributed by atoms with Crippen molar-refractivity contribution in [2.75, 3.05) is 6.61 Å². The molecule has 0 saturated heterocycles. The van der Waals surface area contributed by atoms with Gasteiger partial charge in [-0.25, -0.2) is 0 Å². The van der Waals surface area contributed by atoms with Gasteiger partial charge in [-0.2, -0.15) is 0 Å². The Balaban J connectivity index is 2.07. The lowest BCUT2D eigenvalue weighted by Crippen LogP contribution is -2.12. The van der Waals surface area contributed by atoms with Crippen molar-refractivity contribution < 1.29 is 9.53 Å². The van der Waals surface area contributed by atoms with Crippen LogP contribution in [0.15, 0.2) is 42.5 Å². The van der Waals surface area contributed by atoms with Crippen molar-refractivity contribution >= 4 is 5.78 Å². The second-order valence-electron chi connectivity index (χ2n) is 4.85. The Morgan fingerprint density at radius 2 is 1.63 bits per heavy atom. The van der Waals surface area contributed by atoms with Gasteiger partial charge in [0, 0.05) is 5.56 Å². The van der Waals surface area contributed by atoms with Crippen LogP contribution in [0.5, 0.6) is 5.75 Å². The molecule has 0 N–H and O–H groups in total. The Morgan fingerprint density at radius 3 is 2.26 bits per heavy atom. The quantitative estimate of drug-likeness (QED) is 0.774. The molecule has 0 aliphatic rings. The summed E-state index contributed by atoms with van der Waals surface area (Å²) in [6.07, 6.45) is 0. The molecule has 2 rings (SSSR count). The first-order valence-electron chi connectivity index (χ1n) is 6.36. The summed E-state index contributed by atoms with van der Waals surface area (Å²) in [6.45, 7) is 6.05. The number of ether oxygens (including phenoxy) is 1. The van der Waals surface area contributed by atoms with E-state index in [9.17, 15) is 4.79 Å². The predicted octanol–water partition coefficient (Wildman–Crippen LogP) is 3.87. The molecule has 2 aromatic rings. The molecule has 2 nitrogen and oxygen atoms in total. The molecular weight excluding hydrogens is 236 g/mol. The van der Waals surface area contributed by atoms with Gasteiger partial charge in [0.05, 0.1) is 0 Å². The van der Waals surface area contributed by atoms with Crippen LogP contribution >= 0.6 is 0 Å². The maximum atomic E-state index is 12.1. The SMILES string of the molecule is Cc1cc(C)cc(OCC(=O)c2ccccc2C)c1. The van der Waals surface area contributed by atoms with Crippen LogP contribution in [0.3, 0.4) is 0 Å². The average Bonchev–Trinajstić information content (AvgIpc) is 2.35. The van der Waals surface area contributed by atoms with E-state index < -0.39 is 0 Å². The summed E-state index contributed by atoms with van der Waals surface area (Å²) in [7, 11) is 0. The molecule has 0 fully saturated rings. The number of benzene rings is 2. The Labute approximate surface area is 114 Å². The molecule has 2 heteroatoms. The normalized spacial score (nSPS) is 10.3.